The van der Waals surface area contributed by atoms with Gasteiger partial charge in [-0.2, -0.15) is 0 Å². The first-order valence-electron chi connectivity index (χ1n) is 6.82. The highest BCUT2D eigenvalue weighted by molar-refractivity contribution is 7.85. The molecule has 0 saturated heterocycles. The first-order valence-corrected chi connectivity index (χ1v) is 8.20. The molecule has 2 rings (SSSR count). The van der Waals surface area contributed by atoms with Gasteiger partial charge in [0.15, 0.2) is 0 Å². The number of allylic oxidation sites excluding steroid dienone is 2. The Bertz CT molecular complexity index is 595. The van der Waals surface area contributed by atoms with Gasteiger partial charge < -0.3 is 9.47 Å². The minimum Gasteiger partial charge on any atom is -0.496 e. The lowest BCUT2D eigenvalue weighted by atomic mass is 10.1. The second-order valence-electron chi connectivity index (χ2n) is 5.01. The van der Waals surface area contributed by atoms with Crippen LogP contribution >= 0.6 is 0 Å². The molecule has 3 atom stereocenters. The van der Waals surface area contributed by atoms with Gasteiger partial charge in [-0.1, -0.05) is 24.3 Å². The van der Waals surface area contributed by atoms with Crippen LogP contribution in [0.3, 0.4) is 0 Å². The Morgan fingerprint density at radius 3 is 2.62 bits per heavy atom. The highest BCUT2D eigenvalue weighted by atomic mass is 32.2. The minimum absolute atomic E-state index is 0.145. The fourth-order valence-corrected chi connectivity index (χ4v) is 3.98. The van der Waals surface area contributed by atoms with Crippen molar-refractivity contribution in [3.63, 3.8) is 0 Å². The van der Waals surface area contributed by atoms with E-state index in [4.69, 9.17) is 9.47 Å². The number of methoxy groups -OCH3 is 2. The van der Waals surface area contributed by atoms with E-state index in [1.807, 2.05) is 38.2 Å². The van der Waals surface area contributed by atoms with E-state index in [2.05, 4.69) is 4.98 Å². The molecule has 1 heterocycles. The monoisotopic (exact) mass is 307 g/mol. The van der Waals surface area contributed by atoms with Crippen LogP contribution < -0.4 is 4.74 Å². The van der Waals surface area contributed by atoms with Gasteiger partial charge in [0.05, 0.1) is 29.9 Å². The van der Waals surface area contributed by atoms with Gasteiger partial charge in [0.2, 0.25) is 0 Å². The number of aromatic nitrogens is 1. The summed E-state index contributed by atoms with van der Waals surface area (Å²) >= 11 is 0. The Morgan fingerprint density at radius 2 is 1.95 bits per heavy atom. The molecular formula is C16H21NO3S. The molecule has 0 fully saturated rings. The number of aryl methyl sites for hydroxylation is 1. The van der Waals surface area contributed by atoms with Crippen molar-refractivity contribution in [3.05, 3.63) is 47.3 Å². The summed E-state index contributed by atoms with van der Waals surface area (Å²) in [6, 6.07) is 0. The molecule has 4 nitrogen and oxygen atoms in total. The van der Waals surface area contributed by atoms with E-state index in [9.17, 15) is 4.21 Å². The van der Waals surface area contributed by atoms with Crippen molar-refractivity contribution in [2.24, 2.45) is 0 Å². The number of rotatable bonds is 5. The Labute approximate surface area is 128 Å². The zero-order chi connectivity index (χ0) is 15.4. The summed E-state index contributed by atoms with van der Waals surface area (Å²) in [5.74, 6) is 1.21. The summed E-state index contributed by atoms with van der Waals surface area (Å²) in [5, 5.41) is -0.145. The van der Waals surface area contributed by atoms with Crippen LogP contribution in [0.4, 0.5) is 0 Å². The van der Waals surface area contributed by atoms with Crippen molar-refractivity contribution < 1.29 is 13.7 Å². The number of ether oxygens (including phenoxy) is 2. The zero-order valence-corrected chi connectivity index (χ0v) is 13.6. The molecule has 0 saturated carbocycles. The van der Waals surface area contributed by atoms with Crippen LogP contribution in [-0.4, -0.2) is 34.8 Å². The minimum atomic E-state index is -1.10. The van der Waals surface area contributed by atoms with Gasteiger partial charge in [0, 0.05) is 35.2 Å². The largest absolute Gasteiger partial charge is 0.496 e. The molecule has 21 heavy (non-hydrogen) atoms. The van der Waals surface area contributed by atoms with Crippen LogP contribution in [0.2, 0.25) is 0 Å². The normalized spacial score (nSPS) is 22.3. The molecule has 0 amide bonds. The Morgan fingerprint density at radius 1 is 1.24 bits per heavy atom. The van der Waals surface area contributed by atoms with E-state index in [-0.39, 0.29) is 11.4 Å². The third-order valence-electron chi connectivity index (χ3n) is 3.64. The summed E-state index contributed by atoms with van der Waals surface area (Å²) in [4.78, 5) is 4.42. The quantitative estimate of drug-likeness (QED) is 0.838. The van der Waals surface area contributed by atoms with Crippen LogP contribution in [0, 0.1) is 13.8 Å². The van der Waals surface area contributed by atoms with Crippen molar-refractivity contribution >= 4 is 10.8 Å². The summed E-state index contributed by atoms with van der Waals surface area (Å²) in [5.41, 5.74) is 2.75. The maximum absolute atomic E-state index is 12.6. The van der Waals surface area contributed by atoms with E-state index in [0.29, 0.717) is 5.75 Å². The van der Waals surface area contributed by atoms with Crippen LogP contribution in [-0.2, 0) is 21.3 Å². The lowest BCUT2D eigenvalue weighted by molar-refractivity contribution is 0.145. The summed E-state index contributed by atoms with van der Waals surface area (Å²) in [6.07, 6.45) is 9.31. The van der Waals surface area contributed by atoms with E-state index >= 15 is 0 Å². The van der Waals surface area contributed by atoms with E-state index in [1.54, 1.807) is 20.4 Å². The predicted molar refractivity (Wildman–Crippen MR) is 85.0 cm³/mol. The second-order valence-corrected chi connectivity index (χ2v) is 6.60. The molecule has 1 aliphatic carbocycles. The molecule has 3 unspecified atom stereocenters. The van der Waals surface area contributed by atoms with Crippen LogP contribution in [0.25, 0.3) is 0 Å². The number of hydrogen-bond acceptors (Lipinski definition) is 4. The molecule has 0 aromatic carbocycles. The molecule has 1 aromatic rings. The summed E-state index contributed by atoms with van der Waals surface area (Å²) in [7, 11) is 2.18. The average molecular weight is 307 g/mol. The molecule has 0 radical (unpaired) electrons. The first kappa shape index (κ1) is 15.9. The third kappa shape index (κ3) is 3.41. The summed E-state index contributed by atoms with van der Waals surface area (Å²) < 4.78 is 23.4. The smallest absolute Gasteiger partial charge is 0.128 e. The van der Waals surface area contributed by atoms with Gasteiger partial charge in [0.25, 0.3) is 0 Å². The maximum Gasteiger partial charge on any atom is 0.128 e. The Balaban J connectivity index is 2.20. The molecule has 0 bridgehead atoms. The Kier molecular flexibility index (Phi) is 5.31. The van der Waals surface area contributed by atoms with Gasteiger partial charge in [-0.3, -0.25) is 9.19 Å². The van der Waals surface area contributed by atoms with Gasteiger partial charge in [0.1, 0.15) is 5.75 Å². The summed E-state index contributed by atoms with van der Waals surface area (Å²) in [6.45, 7) is 3.91. The fraction of sp³-hybridized carbons (Fsp3) is 0.438. The first-order chi connectivity index (χ1) is 10.1. The molecule has 0 spiro atoms. The standard InChI is InChI=1S/C16H21NO3S/c1-11-9-17-13(12(2)16(11)20-4)10-21(18)15-8-6-5-7-14(15)19-3/h5-9,14-15H,10H2,1-4H3. The van der Waals surface area contributed by atoms with Gasteiger partial charge in [-0.15, -0.1) is 0 Å². The van der Waals surface area contributed by atoms with Gasteiger partial charge in [-0.25, -0.2) is 0 Å². The zero-order valence-electron chi connectivity index (χ0n) is 12.8. The molecule has 114 valence electrons. The number of pyridine rings is 1. The van der Waals surface area contributed by atoms with E-state index in [1.165, 1.54) is 0 Å². The molecular weight excluding hydrogens is 286 g/mol. The maximum atomic E-state index is 12.6. The average Bonchev–Trinajstić information content (AvgIpc) is 2.50. The molecule has 5 heteroatoms. The van der Waals surface area contributed by atoms with E-state index < -0.39 is 10.8 Å². The van der Waals surface area contributed by atoms with Gasteiger partial charge in [-0.05, 0) is 13.8 Å². The topological polar surface area (TPSA) is 48.4 Å². The number of nitrogens with zero attached hydrogens (tertiary/aromatic N) is 1. The van der Waals surface area contributed by atoms with E-state index in [0.717, 1.165) is 22.6 Å². The lowest BCUT2D eigenvalue weighted by Crippen LogP contribution is -2.31. The fourth-order valence-electron chi connectivity index (χ4n) is 2.46. The highest BCUT2D eigenvalue weighted by Gasteiger charge is 2.25. The van der Waals surface area contributed by atoms with Crippen molar-refractivity contribution in [1.82, 2.24) is 4.98 Å². The highest BCUT2D eigenvalue weighted by Crippen LogP contribution is 2.26. The molecule has 0 aliphatic heterocycles. The van der Waals surface area contributed by atoms with Crippen LogP contribution in [0.5, 0.6) is 5.75 Å². The SMILES string of the molecule is COc1c(C)cnc(CS(=O)C2C=CC=CC2OC)c1C. The van der Waals surface area contributed by atoms with Crippen molar-refractivity contribution in [1.29, 1.82) is 0 Å². The Hall–Kier alpha value is -1.46. The van der Waals surface area contributed by atoms with Crippen molar-refractivity contribution in [2.75, 3.05) is 14.2 Å². The van der Waals surface area contributed by atoms with Crippen molar-refractivity contribution in [3.8, 4) is 5.75 Å². The van der Waals surface area contributed by atoms with Crippen LogP contribution in [0.15, 0.2) is 30.5 Å². The molecule has 1 aliphatic rings. The van der Waals surface area contributed by atoms with Crippen molar-refractivity contribution in [2.45, 2.75) is 31.0 Å². The number of hydrogen-bond donors (Lipinski definition) is 0. The lowest BCUT2D eigenvalue weighted by Gasteiger charge is -2.22. The molecule has 0 N–H and O–H groups in total. The molecule has 1 aromatic heterocycles. The third-order valence-corrected chi connectivity index (χ3v) is 5.23. The predicted octanol–water partition coefficient (Wildman–Crippen LogP) is 2.47. The van der Waals surface area contributed by atoms with Crippen LogP contribution in [0.1, 0.15) is 16.8 Å². The van der Waals surface area contributed by atoms with Gasteiger partial charge >= 0.3 is 0 Å². The second kappa shape index (κ2) is 7.00.